The number of nitrogens with one attached hydrogen (secondary N) is 1. The Kier molecular flexibility index (Phi) is 7.64. The van der Waals surface area contributed by atoms with Crippen LogP contribution in [0.5, 0.6) is 5.75 Å². The molecule has 0 saturated heterocycles. The maximum atomic E-state index is 14.0. The number of anilines is 2. The van der Waals surface area contributed by atoms with Crippen molar-refractivity contribution in [3.8, 4) is 5.75 Å². The van der Waals surface area contributed by atoms with E-state index in [1.165, 1.54) is 30.2 Å². The predicted octanol–water partition coefficient (Wildman–Crippen LogP) is -0.382. The minimum Gasteiger partial charge on any atom is -0.510 e. The van der Waals surface area contributed by atoms with E-state index in [-0.39, 0.29) is 36.2 Å². The second-order valence-corrected chi connectivity index (χ2v) is 11.0. The van der Waals surface area contributed by atoms with Gasteiger partial charge in [-0.1, -0.05) is 0 Å². The van der Waals surface area contributed by atoms with Crippen LogP contribution in [0.1, 0.15) is 22.3 Å². The highest BCUT2D eigenvalue weighted by Crippen LogP contribution is 2.53. The Morgan fingerprint density at radius 3 is 2.32 bits per heavy atom. The maximum absolute atomic E-state index is 14.0. The average molecular weight is 574 g/mol. The molecule has 0 heterocycles. The number of benzene rings is 1. The zero-order chi connectivity index (χ0) is 30.7. The molecule has 4 rings (SSSR count). The van der Waals surface area contributed by atoms with Crippen LogP contribution in [0.2, 0.25) is 0 Å². The zero-order valence-corrected chi connectivity index (χ0v) is 23.7. The lowest BCUT2D eigenvalue weighted by Gasteiger charge is -2.50. The number of ketones is 2. The lowest BCUT2D eigenvalue weighted by atomic mass is 9.58. The van der Waals surface area contributed by atoms with E-state index >= 15 is 0 Å². The summed E-state index contributed by atoms with van der Waals surface area (Å²) in [6.07, 6.45) is 0.0947. The molecular formula is C27H35N5O9. The Morgan fingerprint density at radius 2 is 1.78 bits per heavy atom. The van der Waals surface area contributed by atoms with Crippen LogP contribution in [0.3, 0.4) is 0 Å². The molecule has 4 atom stereocenters. The molecule has 14 nitrogen and oxygen atoms in total. The van der Waals surface area contributed by atoms with Crippen LogP contribution in [-0.2, 0) is 25.6 Å². The normalized spacial score (nSPS) is 25.7. The third-order valence-electron chi connectivity index (χ3n) is 8.13. The summed E-state index contributed by atoms with van der Waals surface area (Å²) in [6.45, 7) is -0.182. The van der Waals surface area contributed by atoms with Gasteiger partial charge < -0.3 is 41.2 Å². The molecule has 3 aliphatic rings. The highest BCUT2D eigenvalue weighted by molar-refractivity contribution is 6.25. The fourth-order valence-corrected chi connectivity index (χ4v) is 6.25. The number of amides is 2. The van der Waals surface area contributed by atoms with Crippen LogP contribution in [0.4, 0.5) is 11.4 Å². The molecule has 3 aliphatic carbocycles. The number of primary amides is 1. The molecule has 1 aromatic rings. The van der Waals surface area contributed by atoms with E-state index in [9.17, 15) is 39.6 Å². The van der Waals surface area contributed by atoms with Crippen molar-refractivity contribution in [2.24, 2.45) is 17.6 Å². The van der Waals surface area contributed by atoms with Gasteiger partial charge in [-0.05, 0) is 44.5 Å². The van der Waals surface area contributed by atoms with Gasteiger partial charge in [-0.25, -0.2) is 0 Å². The summed E-state index contributed by atoms with van der Waals surface area (Å²) < 4.78 is 0. The number of carbonyl (C=O) groups excluding carboxylic acids is 4. The largest absolute Gasteiger partial charge is 0.510 e. The number of phenols is 1. The van der Waals surface area contributed by atoms with Gasteiger partial charge in [0.2, 0.25) is 11.7 Å². The third kappa shape index (κ3) is 4.52. The van der Waals surface area contributed by atoms with Crippen molar-refractivity contribution >= 4 is 34.8 Å². The van der Waals surface area contributed by atoms with Gasteiger partial charge in [0.1, 0.15) is 23.6 Å². The Hall–Kier alpha value is -3.98. The van der Waals surface area contributed by atoms with Gasteiger partial charge in [0.15, 0.2) is 17.1 Å². The number of hydroxylamine groups is 2. The third-order valence-corrected chi connectivity index (χ3v) is 8.13. The number of allylic oxidation sites excluding steroid dienone is 1. The number of hydrogen-bond donors (Lipinski definition) is 6. The quantitative estimate of drug-likeness (QED) is 0.140. The molecule has 0 saturated carbocycles. The van der Waals surface area contributed by atoms with Gasteiger partial charge in [0, 0.05) is 38.3 Å². The maximum Gasteiger partial charge on any atom is 0.255 e. The molecule has 0 aromatic heterocycles. The minimum absolute atomic E-state index is 0.0266. The van der Waals surface area contributed by atoms with Crippen LogP contribution in [0, 0.1) is 11.8 Å². The highest BCUT2D eigenvalue weighted by atomic mass is 16.7. The number of hydrogen-bond acceptors (Lipinski definition) is 12. The fraction of sp³-hybridized carbons (Fsp3) is 0.481. The summed E-state index contributed by atoms with van der Waals surface area (Å²) in [7, 11) is 9.49. The Bertz CT molecular complexity index is 1420. The molecule has 0 radical (unpaired) electrons. The van der Waals surface area contributed by atoms with Crippen molar-refractivity contribution in [3.63, 3.8) is 0 Å². The second kappa shape index (κ2) is 10.4. The monoisotopic (exact) mass is 573 g/mol. The standard InChI is InChI=1S/C27H35N5O9/c1-30(2)15-9-14(29-16(33)10-32(5)41-6)21(34)18-12(15)7-11-8-13-20(31(3)4)23(36)19(26(28)39)25(38)27(13,40)24(37)17(11)22(18)35/h9,11,13,20,34,36-37,40H,7-8,10H2,1-6H3,(H2,28,39)(H,29,33)/t11-,13-,20-,27-/m0/s1. The van der Waals surface area contributed by atoms with E-state index < -0.39 is 69.7 Å². The summed E-state index contributed by atoms with van der Waals surface area (Å²) in [6, 6.07) is 0.449. The molecule has 0 unspecified atom stereocenters. The van der Waals surface area contributed by atoms with Gasteiger partial charge >= 0.3 is 0 Å². The molecule has 1 aromatic carbocycles. The van der Waals surface area contributed by atoms with Crippen LogP contribution in [0.15, 0.2) is 28.7 Å². The molecule has 7 N–H and O–H groups in total. The van der Waals surface area contributed by atoms with Gasteiger partial charge in [0.05, 0.1) is 24.4 Å². The first kappa shape index (κ1) is 30.0. The lowest BCUT2D eigenvalue weighted by Crippen LogP contribution is -2.63. The summed E-state index contributed by atoms with van der Waals surface area (Å²) in [5.41, 5.74) is 2.17. The molecule has 2 amide bonds. The number of phenolic OH excluding ortho intramolecular Hbond substituents is 1. The molecular weight excluding hydrogens is 538 g/mol. The number of aliphatic hydroxyl groups excluding tert-OH is 2. The summed E-state index contributed by atoms with van der Waals surface area (Å²) >= 11 is 0. The van der Waals surface area contributed by atoms with Crippen molar-refractivity contribution in [2.75, 3.05) is 59.1 Å². The number of Topliss-reactive ketones (excluding diaryl/α,β-unsaturated/α-hetero) is 2. The SMILES string of the molecule is CON(C)CC(=O)Nc1cc(N(C)C)c2c(c1O)C(=O)C1=C(O)[C@]3(O)C(=O)C(C(N)=O)=C(O)[C@@H](N(C)C)[C@@H]3C[C@@H]1C2. The van der Waals surface area contributed by atoms with Gasteiger partial charge in [-0.15, -0.1) is 0 Å². The number of aromatic hydroxyl groups is 1. The van der Waals surface area contributed by atoms with E-state index in [1.54, 1.807) is 33.1 Å². The van der Waals surface area contributed by atoms with Crippen LogP contribution < -0.4 is 16.0 Å². The van der Waals surface area contributed by atoms with Crippen LogP contribution in [-0.4, -0.2) is 114 Å². The molecule has 0 bridgehead atoms. The van der Waals surface area contributed by atoms with Gasteiger partial charge in [-0.2, -0.15) is 5.06 Å². The van der Waals surface area contributed by atoms with Crippen LogP contribution in [0.25, 0.3) is 0 Å². The van der Waals surface area contributed by atoms with Crippen molar-refractivity contribution in [1.82, 2.24) is 9.96 Å². The van der Waals surface area contributed by atoms with E-state index in [2.05, 4.69) is 5.32 Å². The van der Waals surface area contributed by atoms with Crippen molar-refractivity contribution in [1.29, 1.82) is 0 Å². The number of rotatable bonds is 7. The summed E-state index contributed by atoms with van der Waals surface area (Å²) in [5, 5.41) is 49.1. The molecule has 41 heavy (non-hydrogen) atoms. The number of carbonyl (C=O) groups is 4. The second-order valence-electron chi connectivity index (χ2n) is 11.0. The number of nitrogens with two attached hydrogens (primary N) is 1. The summed E-state index contributed by atoms with van der Waals surface area (Å²) in [4.78, 5) is 60.3. The molecule has 222 valence electrons. The van der Waals surface area contributed by atoms with Crippen molar-refractivity contribution in [3.05, 3.63) is 39.9 Å². The van der Waals surface area contributed by atoms with E-state index in [0.717, 1.165) is 0 Å². The molecule has 0 aliphatic heterocycles. The Morgan fingerprint density at radius 1 is 1.15 bits per heavy atom. The number of nitrogens with zero attached hydrogens (tertiary/aromatic N) is 3. The van der Waals surface area contributed by atoms with Crippen molar-refractivity contribution < 1.29 is 44.4 Å². The topological polar surface area (TPSA) is 206 Å². The number of aliphatic hydroxyl groups is 3. The van der Waals surface area contributed by atoms with E-state index in [1.807, 2.05) is 0 Å². The van der Waals surface area contributed by atoms with E-state index in [0.29, 0.717) is 11.3 Å². The van der Waals surface area contributed by atoms with Gasteiger partial charge in [0.25, 0.3) is 5.91 Å². The van der Waals surface area contributed by atoms with E-state index in [4.69, 9.17) is 10.6 Å². The first-order valence-corrected chi connectivity index (χ1v) is 12.8. The smallest absolute Gasteiger partial charge is 0.255 e. The summed E-state index contributed by atoms with van der Waals surface area (Å²) in [5.74, 6) is -7.97. The zero-order valence-electron chi connectivity index (χ0n) is 23.7. The fourth-order valence-electron chi connectivity index (χ4n) is 6.25. The lowest BCUT2D eigenvalue weighted by molar-refractivity contribution is -0.148. The predicted molar refractivity (Wildman–Crippen MR) is 146 cm³/mol. The number of fused-ring (bicyclic) bond motifs is 3. The molecule has 0 spiro atoms. The Balaban J connectivity index is 1.90. The number of likely N-dealkylation sites (N-methyl/N-ethyl adjacent to an activating group) is 2. The highest BCUT2D eigenvalue weighted by Gasteiger charge is 2.63. The first-order valence-electron chi connectivity index (χ1n) is 12.8. The minimum atomic E-state index is -2.74. The average Bonchev–Trinajstić information content (AvgIpc) is 2.87. The molecule has 14 heteroatoms. The van der Waals surface area contributed by atoms with Crippen LogP contribution >= 0.6 is 0 Å². The first-order chi connectivity index (χ1) is 19.1. The Labute approximate surface area is 236 Å². The molecule has 0 fully saturated rings. The van der Waals surface area contributed by atoms with Crippen molar-refractivity contribution in [2.45, 2.75) is 24.5 Å². The van der Waals surface area contributed by atoms with Gasteiger partial charge in [-0.3, -0.25) is 24.1 Å².